The van der Waals surface area contributed by atoms with Crippen molar-refractivity contribution >= 4 is 29.6 Å². The average molecular weight is 365 g/mol. The fourth-order valence-corrected chi connectivity index (χ4v) is 4.24. The molecule has 1 saturated heterocycles. The van der Waals surface area contributed by atoms with Gasteiger partial charge in [-0.05, 0) is 12.8 Å². The van der Waals surface area contributed by atoms with Gasteiger partial charge in [-0.25, -0.2) is 15.0 Å². The van der Waals surface area contributed by atoms with Crippen LogP contribution in [-0.2, 0) is 4.74 Å². The number of nitrogen functional groups attached to an aromatic ring is 1. The van der Waals surface area contributed by atoms with Gasteiger partial charge < -0.3 is 20.7 Å². The summed E-state index contributed by atoms with van der Waals surface area (Å²) < 4.78 is 7.71. The second-order valence-corrected chi connectivity index (χ2v) is 7.20. The monoisotopic (exact) mass is 365 g/mol. The molecule has 4 rings (SSSR count). The highest BCUT2D eigenvalue weighted by Gasteiger charge is 2.45. The Kier molecular flexibility index (Phi) is 4.57. The van der Waals surface area contributed by atoms with Crippen LogP contribution < -0.4 is 5.73 Å². The predicted molar refractivity (Wildman–Crippen MR) is 95.3 cm³/mol. The van der Waals surface area contributed by atoms with Crippen molar-refractivity contribution in [1.82, 2.24) is 19.5 Å². The van der Waals surface area contributed by atoms with Crippen molar-refractivity contribution in [2.45, 2.75) is 62.6 Å². The summed E-state index contributed by atoms with van der Waals surface area (Å²) in [6.45, 7) is 0. The minimum absolute atomic E-state index is 0.255. The largest absolute Gasteiger partial charge is 0.387 e. The number of rotatable bonds is 3. The minimum atomic E-state index is -1.08. The quantitative estimate of drug-likeness (QED) is 0.599. The average Bonchev–Trinajstić information content (AvgIpc) is 3.15. The Hall–Kier alpha value is -1.42. The van der Waals surface area contributed by atoms with Crippen LogP contribution in [0.4, 0.5) is 5.82 Å². The van der Waals surface area contributed by atoms with Gasteiger partial charge >= 0.3 is 0 Å². The molecule has 4 atom stereocenters. The number of ether oxygens (including phenoxy) is 1. The first-order valence-electron chi connectivity index (χ1n) is 8.72. The lowest BCUT2D eigenvalue weighted by atomic mass is 9.88. The number of fused-ring (bicyclic) bond motifs is 1. The van der Waals surface area contributed by atoms with Crippen LogP contribution in [0.5, 0.6) is 0 Å². The normalized spacial score (nSPS) is 31.0. The maximum absolute atomic E-state index is 10.6. The van der Waals surface area contributed by atoms with E-state index in [9.17, 15) is 10.2 Å². The first-order chi connectivity index (χ1) is 12.1. The molecule has 0 radical (unpaired) electrons. The highest BCUT2D eigenvalue weighted by atomic mass is 32.1. The van der Waals surface area contributed by atoms with Crippen molar-refractivity contribution in [3.63, 3.8) is 0 Å². The van der Waals surface area contributed by atoms with E-state index in [2.05, 4.69) is 22.6 Å². The van der Waals surface area contributed by atoms with Crippen LogP contribution in [-0.4, -0.2) is 53.8 Å². The number of imidazole rings is 1. The van der Waals surface area contributed by atoms with E-state index < -0.39 is 24.5 Å². The standard InChI is InChI=1S/C16H23N5O3S/c17-13-10-15(19-7-18-13)21(14(20-10)8-4-2-1-3-5-8)16-12(23)11(22)9(6-25)24-16/h7-9,11-12,16,22-23,25H,1-6H2,(H2,17,18,19)/t9-,11-,12-,16-/m1/s1. The number of aromatic nitrogens is 4. The van der Waals surface area contributed by atoms with Crippen molar-refractivity contribution < 1.29 is 14.9 Å². The molecule has 9 heteroatoms. The van der Waals surface area contributed by atoms with Crippen LogP contribution in [0, 0.1) is 0 Å². The first-order valence-corrected chi connectivity index (χ1v) is 9.35. The number of nitrogens with two attached hydrogens (primary N) is 1. The third-order valence-electron chi connectivity index (χ3n) is 5.27. The van der Waals surface area contributed by atoms with Crippen LogP contribution in [0.2, 0.25) is 0 Å². The molecule has 1 aliphatic carbocycles. The molecule has 4 N–H and O–H groups in total. The molecule has 2 aliphatic rings. The van der Waals surface area contributed by atoms with Gasteiger partial charge in [-0.1, -0.05) is 19.3 Å². The zero-order valence-electron chi connectivity index (χ0n) is 13.8. The smallest absolute Gasteiger partial charge is 0.167 e. The lowest BCUT2D eigenvalue weighted by Crippen LogP contribution is -2.32. The van der Waals surface area contributed by atoms with Crippen LogP contribution in [0.3, 0.4) is 0 Å². The zero-order valence-corrected chi connectivity index (χ0v) is 14.7. The van der Waals surface area contributed by atoms with E-state index in [0.29, 0.717) is 22.7 Å². The Labute approximate surface area is 150 Å². The molecule has 1 aliphatic heterocycles. The number of hydrogen-bond acceptors (Lipinski definition) is 8. The third-order valence-corrected chi connectivity index (χ3v) is 5.63. The Morgan fingerprint density at radius 2 is 1.96 bits per heavy atom. The summed E-state index contributed by atoms with van der Waals surface area (Å²) in [5, 5.41) is 20.8. The van der Waals surface area contributed by atoms with Crippen LogP contribution in [0.1, 0.15) is 50.1 Å². The Bertz CT molecular complexity index is 764. The molecule has 0 spiro atoms. The predicted octanol–water partition coefficient (Wildman–Crippen LogP) is 1.01. The Morgan fingerprint density at radius 3 is 2.64 bits per heavy atom. The highest BCUT2D eigenvalue weighted by molar-refractivity contribution is 7.80. The zero-order chi connectivity index (χ0) is 17.6. The Morgan fingerprint density at radius 1 is 1.20 bits per heavy atom. The van der Waals surface area contributed by atoms with Gasteiger partial charge in [-0.15, -0.1) is 0 Å². The highest BCUT2D eigenvalue weighted by Crippen LogP contribution is 2.39. The van der Waals surface area contributed by atoms with Crippen LogP contribution in [0.25, 0.3) is 11.2 Å². The lowest BCUT2D eigenvalue weighted by Gasteiger charge is -2.25. The van der Waals surface area contributed by atoms with Gasteiger partial charge in [0.05, 0.1) is 6.10 Å². The van der Waals surface area contributed by atoms with Gasteiger partial charge in [-0.2, -0.15) is 12.6 Å². The molecule has 0 unspecified atom stereocenters. The lowest BCUT2D eigenvalue weighted by molar-refractivity contribution is -0.0312. The van der Waals surface area contributed by atoms with E-state index in [-0.39, 0.29) is 5.92 Å². The second-order valence-electron chi connectivity index (χ2n) is 6.83. The molecule has 2 aromatic rings. The topological polar surface area (TPSA) is 119 Å². The van der Waals surface area contributed by atoms with E-state index in [1.165, 1.54) is 12.7 Å². The molecule has 0 aromatic carbocycles. The van der Waals surface area contributed by atoms with Gasteiger partial charge in [0.1, 0.15) is 24.4 Å². The number of anilines is 1. The number of thiol groups is 1. The molecule has 3 heterocycles. The van der Waals surface area contributed by atoms with Crippen molar-refractivity contribution in [3.8, 4) is 0 Å². The van der Waals surface area contributed by atoms with E-state index in [4.69, 9.17) is 15.5 Å². The second kappa shape index (κ2) is 6.71. The summed E-state index contributed by atoms with van der Waals surface area (Å²) in [5.41, 5.74) is 7.04. The maximum atomic E-state index is 10.6. The van der Waals surface area contributed by atoms with Crippen LogP contribution >= 0.6 is 12.6 Å². The first kappa shape index (κ1) is 17.0. The van der Waals surface area contributed by atoms with Crippen molar-refractivity contribution in [2.75, 3.05) is 11.5 Å². The third kappa shape index (κ3) is 2.79. The van der Waals surface area contributed by atoms with Gasteiger partial charge in [0.25, 0.3) is 0 Å². The van der Waals surface area contributed by atoms with Crippen LogP contribution in [0.15, 0.2) is 6.33 Å². The fourth-order valence-electron chi connectivity index (χ4n) is 3.94. The summed E-state index contributed by atoms with van der Waals surface area (Å²) in [5.74, 6) is 1.68. The molecule has 136 valence electrons. The molecule has 2 fully saturated rings. The summed E-state index contributed by atoms with van der Waals surface area (Å²) in [6, 6.07) is 0. The van der Waals surface area contributed by atoms with Gasteiger partial charge in [0.2, 0.25) is 0 Å². The molecular weight excluding hydrogens is 342 g/mol. The van der Waals surface area contributed by atoms with Gasteiger partial charge in [0.15, 0.2) is 23.2 Å². The van der Waals surface area contributed by atoms with E-state index in [1.54, 1.807) is 4.57 Å². The maximum Gasteiger partial charge on any atom is 0.167 e. The SMILES string of the molecule is Nc1ncnc2c1nc(C1CCCCC1)n2[C@@H]1O[C@H](CS)[C@@H](O)[C@H]1O. The number of aliphatic hydroxyl groups excluding tert-OH is 2. The summed E-state index contributed by atoms with van der Waals surface area (Å²) in [4.78, 5) is 13.1. The van der Waals surface area contributed by atoms with E-state index in [0.717, 1.165) is 31.5 Å². The van der Waals surface area contributed by atoms with E-state index in [1.807, 2.05) is 0 Å². The van der Waals surface area contributed by atoms with Gasteiger partial charge in [-0.3, -0.25) is 4.57 Å². The molecule has 2 aromatic heterocycles. The molecule has 0 amide bonds. The molecule has 25 heavy (non-hydrogen) atoms. The van der Waals surface area contributed by atoms with Crippen molar-refractivity contribution in [2.24, 2.45) is 0 Å². The molecular formula is C16H23N5O3S. The fraction of sp³-hybridized carbons (Fsp3) is 0.688. The van der Waals surface area contributed by atoms with Crippen molar-refractivity contribution in [3.05, 3.63) is 12.2 Å². The summed E-state index contributed by atoms with van der Waals surface area (Å²) in [7, 11) is 0. The summed E-state index contributed by atoms with van der Waals surface area (Å²) >= 11 is 4.20. The number of hydrogen-bond donors (Lipinski definition) is 4. The molecule has 1 saturated carbocycles. The van der Waals surface area contributed by atoms with E-state index >= 15 is 0 Å². The number of aliphatic hydroxyl groups is 2. The summed E-state index contributed by atoms with van der Waals surface area (Å²) in [6.07, 6.45) is 3.57. The van der Waals surface area contributed by atoms with Gasteiger partial charge in [0, 0.05) is 11.7 Å². The van der Waals surface area contributed by atoms with Crippen molar-refractivity contribution in [1.29, 1.82) is 0 Å². The molecule has 0 bridgehead atoms. The molecule has 8 nitrogen and oxygen atoms in total. The minimum Gasteiger partial charge on any atom is -0.387 e. The Balaban J connectivity index is 1.84. The number of nitrogens with zero attached hydrogens (tertiary/aromatic N) is 4.